The van der Waals surface area contributed by atoms with E-state index < -0.39 is 11.9 Å². The third kappa shape index (κ3) is 4.85. The molecular weight excluding hydrogens is 273 g/mol. The lowest BCUT2D eigenvalue weighted by atomic mass is 10.1. The van der Waals surface area contributed by atoms with Crippen molar-refractivity contribution in [3.8, 4) is 5.75 Å². The van der Waals surface area contributed by atoms with E-state index in [2.05, 4.69) is 5.32 Å². The summed E-state index contributed by atoms with van der Waals surface area (Å²) in [5, 5.41) is 2.87. The summed E-state index contributed by atoms with van der Waals surface area (Å²) in [4.78, 5) is 23.5. The van der Waals surface area contributed by atoms with Gasteiger partial charge < -0.3 is 10.1 Å². The van der Waals surface area contributed by atoms with Crippen molar-refractivity contribution in [1.29, 1.82) is 0 Å². The second-order valence-corrected chi connectivity index (χ2v) is 4.98. The number of halogens is 1. The number of ketones is 1. The van der Waals surface area contributed by atoms with Crippen LogP contribution in [0.5, 0.6) is 5.75 Å². The number of carbonyl (C=O) groups is 2. The summed E-state index contributed by atoms with van der Waals surface area (Å²) in [5.74, 6) is -0.850. The first-order valence-electron chi connectivity index (χ1n) is 7.16. The molecule has 0 bridgehead atoms. The first kappa shape index (κ1) is 17.1. The summed E-state index contributed by atoms with van der Waals surface area (Å²) >= 11 is 0. The van der Waals surface area contributed by atoms with E-state index in [1.165, 1.54) is 19.1 Å². The molecule has 1 unspecified atom stereocenters. The van der Waals surface area contributed by atoms with Gasteiger partial charge in [-0.3, -0.25) is 9.59 Å². The van der Waals surface area contributed by atoms with E-state index in [9.17, 15) is 14.0 Å². The minimum absolute atomic E-state index is 0.101. The van der Waals surface area contributed by atoms with Crippen molar-refractivity contribution in [3.05, 3.63) is 29.6 Å². The molecule has 1 aromatic rings. The maximum absolute atomic E-state index is 13.2. The molecule has 1 amide bonds. The Morgan fingerprint density at radius 3 is 2.43 bits per heavy atom. The number of carbonyl (C=O) groups excluding carboxylic acids is 2. The zero-order chi connectivity index (χ0) is 16.0. The van der Waals surface area contributed by atoms with Crippen LogP contribution in [0.1, 0.15) is 50.9 Å². The van der Waals surface area contributed by atoms with Crippen LogP contribution in [0, 0.1) is 5.82 Å². The van der Waals surface area contributed by atoms with E-state index in [1.807, 2.05) is 13.8 Å². The second-order valence-electron chi connectivity index (χ2n) is 4.98. The molecule has 0 aliphatic heterocycles. The monoisotopic (exact) mass is 295 g/mol. The first-order chi connectivity index (χ1) is 9.88. The molecule has 0 heterocycles. The number of ether oxygens (including phenoxy) is 1. The van der Waals surface area contributed by atoms with Crippen molar-refractivity contribution in [2.45, 2.75) is 52.7 Å². The minimum atomic E-state index is -0.755. The smallest absolute Gasteiger partial charge is 0.260 e. The Kier molecular flexibility index (Phi) is 6.34. The highest BCUT2D eigenvalue weighted by atomic mass is 19.1. The van der Waals surface area contributed by atoms with Crippen molar-refractivity contribution in [3.63, 3.8) is 0 Å². The van der Waals surface area contributed by atoms with Crippen LogP contribution in [0.3, 0.4) is 0 Å². The van der Waals surface area contributed by atoms with Gasteiger partial charge in [-0.2, -0.15) is 0 Å². The average molecular weight is 295 g/mol. The molecule has 5 heteroatoms. The molecule has 1 N–H and O–H groups in total. The lowest BCUT2D eigenvalue weighted by molar-refractivity contribution is -0.128. The molecule has 0 saturated heterocycles. The van der Waals surface area contributed by atoms with Gasteiger partial charge in [0.05, 0.1) is 5.56 Å². The number of amides is 1. The Balaban J connectivity index is 2.81. The van der Waals surface area contributed by atoms with Gasteiger partial charge in [-0.05, 0) is 44.9 Å². The summed E-state index contributed by atoms with van der Waals surface area (Å²) in [5.41, 5.74) is 0.136. The van der Waals surface area contributed by atoms with Crippen LogP contribution in [0.4, 0.5) is 4.39 Å². The van der Waals surface area contributed by atoms with Crippen LogP contribution in [-0.4, -0.2) is 23.8 Å². The van der Waals surface area contributed by atoms with Crippen LogP contribution in [0.25, 0.3) is 0 Å². The summed E-state index contributed by atoms with van der Waals surface area (Å²) in [6, 6.07) is 3.78. The normalized spacial score (nSPS) is 12.1. The van der Waals surface area contributed by atoms with Crippen LogP contribution in [0.2, 0.25) is 0 Å². The van der Waals surface area contributed by atoms with Gasteiger partial charge in [0.2, 0.25) is 0 Å². The average Bonchev–Trinajstić information content (AvgIpc) is 2.45. The Morgan fingerprint density at radius 1 is 1.29 bits per heavy atom. The van der Waals surface area contributed by atoms with Crippen molar-refractivity contribution < 1.29 is 18.7 Å². The summed E-state index contributed by atoms with van der Waals surface area (Å²) in [6.45, 7) is 6.92. The Labute approximate surface area is 124 Å². The van der Waals surface area contributed by atoms with Crippen LogP contribution >= 0.6 is 0 Å². The van der Waals surface area contributed by atoms with Crippen LogP contribution in [-0.2, 0) is 4.79 Å². The molecule has 0 aromatic heterocycles. The molecule has 0 spiro atoms. The molecule has 0 radical (unpaired) electrons. The van der Waals surface area contributed by atoms with Gasteiger partial charge in [0, 0.05) is 6.04 Å². The topological polar surface area (TPSA) is 55.4 Å². The van der Waals surface area contributed by atoms with Crippen molar-refractivity contribution in [2.24, 2.45) is 0 Å². The molecular formula is C16H22FNO3. The fraction of sp³-hybridized carbons (Fsp3) is 0.500. The molecule has 1 aromatic carbocycles. The van der Waals surface area contributed by atoms with E-state index >= 15 is 0 Å². The first-order valence-corrected chi connectivity index (χ1v) is 7.16. The maximum Gasteiger partial charge on any atom is 0.260 e. The number of benzene rings is 1. The number of Topliss-reactive ketones (excluding diaryl/α,β-unsaturated/α-hetero) is 1. The van der Waals surface area contributed by atoms with Crippen molar-refractivity contribution >= 4 is 11.7 Å². The van der Waals surface area contributed by atoms with Gasteiger partial charge in [0.25, 0.3) is 5.91 Å². The van der Waals surface area contributed by atoms with Gasteiger partial charge in [-0.15, -0.1) is 0 Å². The largest absolute Gasteiger partial charge is 0.480 e. The standard InChI is InChI=1S/C16H22FNO3/c1-5-13(6-2)18-16(20)11(4)21-15-8-7-12(17)9-14(15)10(3)19/h7-9,11,13H,5-6H2,1-4H3,(H,18,20). The van der Waals surface area contributed by atoms with Crippen LogP contribution < -0.4 is 10.1 Å². The van der Waals surface area contributed by atoms with Gasteiger partial charge in [0.15, 0.2) is 11.9 Å². The van der Waals surface area contributed by atoms with Gasteiger partial charge in [0.1, 0.15) is 11.6 Å². The third-order valence-corrected chi connectivity index (χ3v) is 3.33. The number of hydrogen-bond acceptors (Lipinski definition) is 3. The summed E-state index contributed by atoms with van der Waals surface area (Å²) < 4.78 is 18.7. The number of nitrogens with one attached hydrogen (secondary N) is 1. The van der Waals surface area contributed by atoms with E-state index in [-0.39, 0.29) is 29.0 Å². The highest BCUT2D eigenvalue weighted by Crippen LogP contribution is 2.21. The van der Waals surface area contributed by atoms with Gasteiger partial charge >= 0.3 is 0 Å². The number of rotatable bonds is 7. The molecule has 21 heavy (non-hydrogen) atoms. The quantitative estimate of drug-likeness (QED) is 0.786. The third-order valence-electron chi connectivity index (χ3n) is 3.33. The van der Waals surface area contributed by atoms with E-state index in [0.717, 1.165) is 18.9 Å². The zero-order valence-electron chi connectivity index (χ0n) is 12.9. The maximum atomic E-state index is 13.2. The molecule has 116 valence electrons. The lowest BCUT2D eigenvalue weighted by Crippen LogP contribution is -2.42. The Bertz CT molecular complexity index is 512. The van der Waals surface area contributed by atoms with E-state index in [4.69, 9.17) is 4.74 Å². The molecule has 0 aliphatic carbocycles. The van der Waals surface area contributed by atoms with Gasteiger partial charge in [-0.1, -0.05) is 13.8 Å². The number of hydrogen-bond donors (Lipinski definition) is 1. The fourth-order valence-electron chi connectivity index (χ4n) is 1.94. The predicted molar refractivity (Wildman–Crippen MR) is 79.0 cm³/mol. The molecule has 1 atom stereocenters. The van der Waals surface area contributed by atoms with Gasteiger partial charge in [-0.25, -0.2) is 4.39 Å². The highest BCUT2D eigenvalue weighted by Gasteiger charge is 2.19. The molecule has 4 nitrogen and oxygen atoms in total. The predicted octanol–water partition coefficient (Wildman–Crippen LogP) is 3.10. The second kappa shape index (κ2) is 7.76. The molecule has 0 aliphatic rings. The summed E-state index contributed by atoms with van der Waals surface area (Å²) in [7, 11) is 0. The molecule has 0 saturated carbocycles. The van der Waals surface area contributed by atoms with E-state index in [0.29, 0.717) is 0 Å². The zero-order valence-corrected chi connectivity index (χ0v) is 12.9. The van der Waals surface area contributed by atoms with E-state index in [1.54, 1.807) is 6.92 Å². The lowest BCUT2D eigenvalue weighted by Gasteiger charge is -2.20. The minimum Gasteiger partial charge on any atom is -0.480 e. The molecule has 0 fully saturated rings. The van der Waals surface area contributed by atoms with Crippen LogP contribution in [0.15, 0.2) is 18.2 Å². The van der Waals surface area contributed by atoms with Crippen molar-refractivity contribution in [1.82, 2.24) is 5.32 Å². The Morgan fingerprint density at radius 2 is 1.90 bits per heavy atom. The summed E-state index contributed by atoms with van der Waals surface area (Å²) in [6.07, 6.45) is 0.920. The fourth-order valence-corrected chi connectivity index (χ4v) is 1.94. The van der Waals surface area contributed by atoms with Crippen molar-refractivity contribution in [2.75, 3.05) is 0 Å². The SMILES string of the molecule is CCC(CC)NC(=O)C(C)Oc1ccc(F)cc1C(C)=O. The Hall–Kier alpha value is -1.91. The molecule has 1 rings (SSSR count). The highest BCUT2D eigenvalue weighted by molar-refractivity contribution is 5.97.